The molecule has 13 rings (SSSR count). The molecule has 0 N–H and O–H groups in total. The van der Waals surface area contributed by atoms with Crippen LogP contribution in [0, 0.1) is 17.9 Å². The summed E-state index contributed by atoms with van der Waals surface area (Å²) in [6.07, 6.45) is 7.70. The van der Waals surface area contributed by atoms with Crippen LogP contribution in [-0.4, -0.2) is 19.1 Å². The van der Waals surface area contributed by atoms with Gasteiger partial charge in [0.25, 0.3) is 0 Å². The number of hydrogen-bond donors (Lipinski definition) is 0. The predicted octanol–water partition coefficient (Wildman–Crippen LogP) is 14.1. The molecule has 5 aromatic heterocycles. The van der Waals surface area contributed by atoms with Crippen molar-refractivity contribution in [2.24, 2.45) is 0 Å². The van der Waals surface area contributed by atoms with Crippen molar-refractivity contribution in [3.05, 3.63) is 187 Å². The first-order chi connectivity index (χ1) is 30.2. The SMILES string of the molecule is [C-]#[N+]c1c(-c2ccccc2)c(C#N)c(-n2c3ccccc3c3c4c(ccc32)oc2ccccc24)c(-c2ccccc2)c1-n1c2cncc3c4ccccc4c4cncc1c4c32. The first-order valence-corrected chi connectivity index (χ1v) is 20.1. The molecule has 0 aliphatic rings. The number of hydrogen-bond acceptors (Lipinski definition) is 4. The fourth-order valence-corrected chi connectivity index (χ4v) is 10.1. The Hall–Kier alpha value is -8.78. The van der Waals surface area contributed by atoms with Crippen LogP contribution < -0.4 is 0 Å². The second kappa shape index (κ2) is 12.4. The highest BCUT2D eigenvalue weighted by atomic mass is 16.3. The number of rotatable bonds is 4. The number of para-hydroxylation sites is 2. The smallest absolute Gasteiger partial charge is 0.220 e. The highest BCUT2D eigenvalue weighted by Crippen LogP contribution is 2.53. The molecule has 0 radical (unpaired) electrons. The highest BCUT2D eigenvalue weighted by molar-refractivity contribution is 6.34. The molecule has 0 aliphatic heterocycles. The van der Waals surface area contributed by atoms with Crippen LogP contribution in [0.15, 0.2) is 175 Å². The Morgan fingerprint density at radius 3 is 1.64 bits per heavy atom. The van der Waals surface area contributed by atoms with E-state index in [9.17, 15) is 5.26 Å². The van der Waals surface area contributed by atoms with Crippen molar-refractivity contribution < 1.29 is 4.42 Å². The van der Waals surface area contributed by atoms with Crippen molar-refractivity contribution in [2.45, 2.75) is 0 Å². The maximum atomic E-state index is 11.7. The second-order valence-electron chi connectivity index (χ2n) is 15.5. The van der Waals surface area contributed by atoms with Gasteiger partial charge in [-0.2, -0.15) is 5.26 Å². The summed E-state index contributed by atoms with van der Waals surface area (Å²) < 4.78 is 10.9. The molecular formula is C54H28N6O. The Bertz CT molecular complexity index is 3980. The number of furan rings is 1. The third-order valence-corrected chi connectivity index (χ3v) is 12.5. The van der Waals surface area contributed by atoms with E-state index >= 15 is 0 Å². The lowest BCUT2D eigenvalue weighted by molar-refractivity contribution is 0.669. The molecule has 7 heteroatoms. The Morgan fingerprint density at radius 1 is 0.459 bits per heavy atom. The summed E-state index contributed by atoms with van der Waals surface area (Å²) in [5.41, 5.74) is 10.2. The molecule has 0 fully saturated rings. The van der Waals surface area contributed by atoms with Gasteiger partial charge in [-0.1, -0.05) is 121 Å². The van der Waals surface area contributed by atoms with E-state index in [0.717, 1.165) is 104 Å². The number of nitriles is 1. The number of nitrogens with zero attached hydrogens (tertiary/aromatic N) is 6. The van der Waals surface area contributed by atoms with Crippen molar-refractivity contribution in [1.29, 1.82) is 5.26 Å². The number of fused-ring (bicyclic) bond motifs is 10. The lowest BCUT2D eigenvalue weighted by Gasteiger charge is -2.25. The lowest BCUT2D eigenvalue weighted by atomic mass is 9.88. The minimum atomic E-state index is 0.362. The third kappa shape index (κ3) is 4.33. The molecule has 7 nitrogen and oxygen atoms in total. The van der Waals surface area contributed by atoms with E-state index < -0.39 is 0 Å². The first-order valence-electron chi connectivity index (χ1n) is 20.1. The number of pyridine rings is 2. The second-order valence-corrected chi connectivity index (χ2v) is 15.5. The van der Waals surface area contributed by atoms with Gasteiger partial charge >= 0.3 is 0 Å². The summed E-state index contributed by atoms with van der Waals surface area (Å²) >= 11 is 0. The average Bonchev–Trinajstić information content (AvgIpc) is 3.99. The van der Waals surface area contributed by atoms with Crippen LogP contribution in [0.25, 0.3) is 126 Å². The van der Waals surface area contributed by atoms with Gasteiger partial charge in [0, 0.05) is 66.6 Å². The van der Waals surface area contributed by atoms with Crippen LogP contribution in [0.4, 0.5) is 5.69 Å². The summed E-state index contributed by atoms with van der Waals surface area (Å²) in [6, 6.07) is 51.8. The zero-order valence-electron chi connectivity index (χ0n) is 32.3. The zero-order chi connectivity index (χ0) is 40.3. The highest BCUT2D eigenvalue weighted by Gasteiger charge is 2.33. The van der Waals surface area contributed by atoms with Gasteiger partial charge < -0.3 is 13.6 Å². The number of aromatic nitrogens is 4. The van der Waals surface area contributed by atoms with Crippen LogP contribution in [0.2, 0.25) is 0 Å². The minimum Gasteiger partial charge on any atom is -0.456 e. The number of benzene rings is 8. The summed E-state index contributed by atoms with van der Waals surface area (Å²) in [4.78, 5) is 14.2. The van der Waals surface area contributed by atoms with Crippen LogP contribution in [-0.2, 0) is 0 Å². The van der Waals surface area contributed by atoms with E-state index in [2.05, 4.69) is 86.8 Å². The van der Waals surface area contributed by atoms with Gasteiger partial charge in [-0.25, -0.2) is 4.85 Å². The van der Waals surface area contributed by atoms with Gasteiger partial charge in [0.2, 0.25) is 5.69 Å². The van der Waals surface area contributed by atoms with E-state index in [0.29, 0.717) is 28.2 Å². The fraction of sp³-hybridized carbons (Fsp3) is 0. The maximum absolute atomic E-state index is 11.7. The summed E-state index contributed by atoms with van der Waals surface area (Å²) in [7, 11) is 0. The average molecular weight is 777 g/mol. The summed E-state index contributed by atoms with van der Waals surface area (Å²) in [5.74, 6) is 0. The molecule has 5 heterocycles. The monoisotopic (exact) mass is 776 g/mol. The quantitative estimate of drug-likeness (QED) is 0.132. The molecule has 0 amide bonds. The standard InChI is InChI=1S/C54H28N6O/c1-56-52-46(31-14-4-2-5-15-31)37(26-55)53(59-40-22-12-10-20-35(40)48-41(59)24-25-45-51(48)36-21-11-13-23-44(36)61-45)47(32-16-6-3-7-17-32)54(52)60-42-29-57-27-38-33-18-8-9-19-34(33)39-28-58-30-43(60)50(39)49(38)42/h2-25,27-30H. The molecule has 0 atom stereocenters. The Kier molecular flexibility index (Phi) is 6.73. The third-order valence-electron chi connectivity index (χ3n) is 12.5. The summed E-state index contributed by atoms with van der Waals surface area (Å²) in [6.45, 7) is 9.14. The molecule has 8 aromatic carbocycles. The van der Waals surface area contributed by atoms with E-state index in [1.807, 2.05) is 104 Å². The predicted molar refractivity (Wildman–Crippen MR) is 246 cm³/mol. The van der Waals surface area contributed by atoms with Crippen molar-refractivity contribution in [2.75, 3.05) is 0 Å². The van der Waals surface area contributed by atoms with Crippen LogP contribution >= 0.6 is 0 Å². The molecule has 0 saturated carbocycles. The maximum Gasteiger partial charge on any atom is 0.220 e. The lowest BCUT2D eigenvalue weighted by Crippen LogP contribution is -2.08. The Balaban J connectivity index is 1.32. The van der Waals surface area contributed by atoms with Gasteiger partial charge in [-0.3, -0.25) is 9.97 Å². The Labute approximate surface area is 347 Å². The van der Waals surface area contributed by atoms with Gasteiger partial charge in [-0.05, 0) is 46.2 Å². The van der Waals surface area contributed by atoms with Crippen molar-refractivity contribution in [3.63, 3.8) is 0 Å². The van der Waals surface area contributed by atoms with Gasteiger partial charge in [-0.15, -0.1) is 0 Å². The molecule has 0 aliphatic carbocycles. The molecule has 0 bridgehead atoms. The van der Waals surface area contributed by atoms with E-state index in [-0.39, 0.29) is 0 Å². The van der Waals surface area contributed by atoms with Crippen molar-refractivity contribution >= 4 is 92.8 Å². The molecule has 13 aromatic rings. The molecule has 0 saturated heterocycles. The topological polar surface area (TPSA) is 76.9 Å². The normalized spacial score (nSPS) is 11.9. The van der Waals surface area contributed by atoms with Gasteiger partial charge in [0.15, 0.2) is 0 Å². The summed E-state index contributed by atoms with van der Waals surface area (Å²) in [5, 5.41) is 22.1. The molecular weight excluding hydrogens is 749 g/mol. The van der Waals surface area contributed by atoms with Gasteiger partial charge in [0.1, 0.15) is 17.2 Å². The van der Waals surface area contributed by atoms with E-state index in [1.54, 1.807) is 0 Å². The molecule has 280 valence electrons. The molecule has 0 unspecified atom stereocenters. The van der Waals surface area contributed by atoms with Crippen molar-refractivity contribution in [1.82, 2.24) is 19.1 Å². The van der Waals surface area contributed by atoms with Crippen LogP contribution in [0.3, 0.4) is 0 Å². The minimum absolute atomic E-state index is 0.362. The van der Waals surface area contributed by atoms with Crippen LogP contribution in [0.1, 0.15) is 5.56 Å². The van der Waals surface area contributed by atoms with E-state index in [4.69, 9.17) is 21.0 Å². The zero-order valence-corrected chi connectivity index (χ0v) is 32.3. The first kappa shape index (κ1) is 33.2. The Morgan fingerprint density at radius 2 is 1.00 bits per heavy atom. The van der Waals surface area contributed by atoms with E-state index in [1.165, 1.54) is 0 Å². The molecule has 61 heavy (non-hydrogen) atoms. The van der Waals surface area contributed by atoms with Gasteiger partial charge in [0.05, 0.1) is 58.0 Å². The largest absolute Gasteiger partial charge is 0.456 e. The van der Waals surface area contributed by atoms with Crippen molar-refractivity contribution in [3.8, 4) is 39.7 Å². The molecule has 0 spiro atoms. The van der Waals surface area contributed by atoms with Crippen LogP contribution in [0.5, 0.6) is 0 Å². The fourth-order valence-electron chi connectivity index (χ4n) is 10.1.